The first-order valence-electron chi connectivity index (χ1n) is 8.95. The van der Waals surface area contributed by atoms with Crippen molar-refractivity contribution in [3.8, 4) is 0 Å². The third-order valence-corrected chi connectivity index (χ3v) is 5.43. The lowest BCUT2D eigenvalue weighted by atomic mass is 9.90. The summed E-state index contributed by atoms with van der Waals surface area (Å²) in [5.74, 6) is 0.351. The van der Waals surface area contributed by atoms with Gasteiger partial charge >= 0.3 is 6.03 Å². The number of hydrogen-bond acceptors (Lipinski definition) is 3. The van der Waals surface area contributed by atoms with Crippen LogP contribution in [0.2, 0.25) is 0 Å². The fourth-order valence-electron chi connectivity index (χ4n) is 4.07. The van der Waals surface area contributed by atoms with E-state index >= 15 is 0 Å². The lowest BCUT2D eigenvalue weighted by Crippen LogP contribution is -2.52. The summed E-state index contributed by atoms with van der Waals surface area (Å²) in [5.41, 5.74) is 1.72. The zero-order chi connectivity index (χ0) is 17.3. The van der Waals surface area contributed by atoms with E-state index in [-0.39, 0.29) is 12.1 Å². The van der Waals surface area contributed by atoms with E-state index in [1.165, 1.54) is 11.3 Å². The molecule has 0 bridgehead atoms. The van der Waals surface area contributed by atoms with Gasteiger partial charge in [0.05, 0.1) is 11.6 Å². The van der Waals surface area contributed by atoms with E-state index in [9.17, 15) is 9.90 Å². The van der Waals surface area contributed by atoms with Crippen molar-refractivity contribution in [3.05, 3.63) is 29.8 Å². The summed E-state index contributed by atoms with van der Waals surface area (Å²) in [7, 11) is 2.12. The van der Waals surface area contributed by atoms with E-state index in [0.717, 1.165) is 32.4 Å². The highest BCUT2D eigenvalue weighted by Crippen LogP contribution is 2.34. The SMILES string of the molecule is CN1CC[C@@H](CNC(=O)N2CCC[C@H]2C(C)(C)O)c2ccccc21. The molecule has 0 aliphatic carbocycles. The molecular formula is C19H29N3O2. The number of anilines is 1. The van der Waals surface area contributed by atoms with Gasteiger partial charge in [0.25, 0.3) is 0 Å². The molecule has 24 heavy (non-hydrogen) atoms. The van der Waals surface area contributed by atoms with Crippen molar-refractivity contribution < 1.29 is 9.90 Å². The van der Waals surface area contributed by atoms with Crippen molar-refractivity contribution in [2.45, 2.75) is 50.7 Å². The van der Waals surface area contributed by atoms with Crippen LogP contribution in [0.3, 0.4) is 0 Å². The van der Waals surface area contributed by atoms with E-state index in [0.29, 0.717) is 12.5 Å². The van der Waals surface area contributed by atoms with E-state index in [1.54, 1.807) is 18.7 Å². The zero-order valence-corrected chi connectivity index (χ0v) is 15.0. The quantitative estimate of drug-likeness (QED) is 0.895. The molecule has 0 saturated carbocycles. The first kappa shape index (κ1) is 17.1. The van der Waals surface area contributed by atoms with Crippen LogP contribution < -0.4 is 10.2 Å². The van der Waals surface area contributed by atoms with Gasteiger partial charge in [-0.2, -0.15) is 0 Å². The molecule has 1 aromatic carbocycles. The van der Waals surface area contributed by atoms with Crippen molar-refractivity contribution in [2.24, 2.45) is 0 Å². The molecule has 5 heteroatoms. The minimum atomic E-state index is -0.853. The van der Waals surface area contributed by atoms with Crippen LogP contribution >= 0.6 is 0 Å². The van der Waals surface area contributed by atoms with Crippen LogP contribution in [0.1, 0.15) is 44.6 Å². The zero-order valence-electron chi connectivity index (χ0n) is 15.0. The number of hydrogen-bond donors (Lipinski definition) is 2. The molecule has 2 N–H and O–H groups in total. The van der Waals surface area contributed by atoms with Crippen molar-refractivity contribution in [1.82, 2.24) is 10.2 Å². The van der Waals surface area contributed by atoms with Crippen LogP contribution in [-0.2, 0) is 0 Å². The van der Waals surface area contributed by atoms with Gasteiger partial charge in [0.1, 0.15) is 0 Å². The van der Waals surface area contributed by atoms with Gasteiger partial charge < -0.3 is 20.2 Å². The number of urea groups is 1. The van der Waals surface area contributed by atoms with Gasteiger partial charge in [-0.1, -0.05) is 18.2 Å². The van der Waals surface area contributed by atoms with Gasteiger partial charge in [-0.3, -0.25) is 0 Å². The Balaban J connectivity index is 1.64. The maximum atomic E-state index is 12.6. The summed E-state index contributed by atoms with van der Waals surface area (Å²) in [6, 6.07) is 8.30. The number of fused-ring (bicyclic) bond motifs is 1. The number of amides is 2. The number of likely N-dealkylation sites (tertiary alicyclic amines) is 1. The molecule has 2 aliphatic heterocycles. The molecule has 0 unspecified atom stereocenters. The number of nitrogens with zero attached hydrogens (tertiary/aromatic N) is 2. The number of aliphatic hydroxyl groups is 1. The second-order valence-corrected chi connectivity index (χ2v) is 7.66. The summed E-state index contributed by atoms with van der Waals surface area (Å²) in [6.45, 7) is 5.96. The minimum Gasteiger partial charge on any atom is -0.388 e. The predicted octanol–water partition coefficient (Wildman–Crippen LogP) is 2.56. The molecule has 0 spiro atoms. The molecule has 132 valence electrons. The molecule has 2 heterocycles. The molecule has 5 nitrogen and oxygen atoms in total. The topological polar surface area (TPSA) is 55.8 Å². The fourth-order valence-corrected chi connectivity index (χ4v) is 4.07. The van der Waals surface area contributed by atoms with Crippen molar-refractivity contribution >= 4 is 11.7 Å². The molecular weight excluding hydrogens is 302 g/mol. The second-order valence-electron chi connectivity index (χ2n) is 7.66. The van der Waals surface area contributed by atoms with Crippen LogP contribution in [0.5, 0.6) is 0 Å². The average molecular weight is 331 g/mol. The third-order valence-electron chi connectivity index (χ3n) is 5.43. The molecule has 2 atom stereocenters. The number of carbonyl (C=O) groups is 1. The molecule has 0 radical (unpaired) electrons. The average Bonchev–Trinajstić information content (AvgIpc) is 3.04. The smallest absolute Gasteiger partial charge is 0.317 e. The minimum absolute atomic E-state index is 0.0453. The molecule has 1 fully saturated rings. The lowest BCUT2D eigenvalue weighted by Gasteiger charge is -2.35. The molecule has 2 amide bonds. The highest BCUT2D eigenvalue weighted by molar-refractivity contribution is 5.75. The van der Waals surface area contributed by atoms with Gasteiger partial charge in [0.2, 0.25) is 0 Å². The predicted molar refractivity (Wildman–Crippen MR) is 96.5 cm³/mol. The van der Waals surface area contributed by atoms with Gasteiger partial charge in [-0.15, -0.1) is 0 Å². The summed E-state index contributed by atoms with van der Waals surface area (Å²) in [5, 5.41) is 13.4. The first-order valence-corrected chi connectivity index (χ1v) is 8.95. The van der Waals surface area contributed by atoms with E-state index in [2.05, 4.69) is 41.5 Å². The standard InChI is InChI=1S/C19H29N3O2/c1-19(2,24)17-9-6-11-22(17)18(23)20-13-14-10-12-21(3)16-8-5-4-7-15(14)16/h4-5,7-8,14,17,24H,6,9-13H2,1-3H3,(H,20,23)/t14-,17-/m0/s1. The van der Waals surface area contributed by atoms with Crippen LogP contribution in [-0.4, -0.2) is 54.4 Å². The Morgan fingerprint density at radius 1 is 1.29 bits per heavy atom. The van der Waals surface area contributed by atoms with E-state index in [1.807, 2.05) is 0 Å². The highest BCUT2D eigenvalue weighted by atomic mass is 16.3. The normalized spacial score (nSPS) is 24.0. The van der Waals surface area contributed by atoms with Crippen molar-refractivity contribution in [3.63, 3.8) is 0 Å². The maximum Gasteiger partial charge on any atom is 0.317 e. The van der Waals surface area contributed by atoms with Gasteiger partial charge in [-0.05, 0) is 44.7 Å². The molecule has 0 aromatic heterocycles. The summed E-state index contributed by atoms with van der Waals surface area (Å²) < 4.78 is 0. The lowest BCUT2D eigenvalue weighted by molar-refractivity contribution is 0.00980. The molecule has 2 aliphatic rings. The number of nitrogens with one attached hydrogen (secondary N) is 1. The third kappa shape index (κ3) is 3.36. The van der Waals surface area contributed by atoms with Crippen LogP contribution in [0.4, 0.5) is 10.5 Å². The van der Waals surface area contributed by atoms with Crippen molar-refractivity contribution in [1.29, 1.82) is 0 Å². The van der Waals surface area contributed by atoms with Gasteiger partial charge in [0.15, 0.2) is 0 Å². The molecule has 1 saturated heterocycles. The van der Waals surface area contributed by atoms with Gasteiger partial charge in [0, 0.05) is 38.3 Å². The van der Waals surface area contributed by atoms with Crippen LogP contribution in [0, 0.1) is 0 Å². The van der Waals surface area contributed by atoms with E-state index in [4.69, 9.17) is 0 Å². The maximum absolute atomic E-state index is 12.6. The Morgan fingerprint density at radius 2 is 2.04 bits per heavy atom. The Labute approximate surface area is 144 Å². The number of para-hydroxylation sites is 1. The van der Waals surface area contributed by atoms with E-state index < -0.39 is 5.60 Å². The molecule has 3 rings (SSSR count). The first-order chi connectivity index (χ1) is 11.4. The van der Waals surface area contributed by atoms with Crippen molar-refractivity contribution in [2.75, 3.05) is 31.6 Å². The largest absolute Gasteiger partial charge is 0.388 e. The van der Waals surface area contributed by atoms with Crippen LogP contribution in [0.25, 0.3) is 0 Å². The highest BCUT2D eigenvalue weighted by Gasteiger charge is 2.38. The summed E-state index contributed by atoms with van der Waals surface area (Å²) in [6.07, 6.45) is 2.87. The van der Waals surface area contributed by atoms with Crippen LogP contribution in [0.15, 0.2) is 24.3 Å². The number of rotatable bonds is 3. The Bertz CT molecular complexity index is 597. The Morgan fingerprint density at radius 3 is 2.79 bits per heavy atom. The number of benzene rings is 1. The second kappa shape index (κ2) is 6.63. The Kier molecular flexibility index (Phi) is 4.72. The summed E-state index contributed by atoms with van der Waals surface area (Å²) in [4.78, 5) is 16.7. The molecule has 1 aromatic rings. The summed E-state index contributed by atoms with van der Waals surface area (Å²) >= 11 is 0. The Hall–Kier alpha value is -1.75. The van der Waals surface area contributed by atoms with Gasteiger partial charge in [-0.25, -0.2) is 4.79 Å². The fraction of sp³-hybridized carbons (Fsp3) is 0.632. The monoisotopic (exact) mass is 331 g/mol. The number of carbonyl (C=O) groups excluding carboxylic acids is 1.